The van der Waals surface area contributed by atoms with Crippen LogP contribution in [-0.2, 0) is 5.41 Å². The quantitative estimate of drug-likeness (QED) is 0.737. The number of benzene rings is 1. The molecule has 0 bridgehead atoms. The molecule has 1 fully saturated rings. The summed E-state index contributed by atoms with van der Waals surface area (Å²) >= 11 is 0. The zero-order valence-electron chi connectivity index (χ0n) is 14.8. The van der Waals surface area contributed by atoms with Crippen molar-refractivity contribution < 1.29 is 5.11 Å². The zero-order chi connectivity index (χ0) is 16.6. The summed E-state index contributed by atoms with van der Waals surface area (Å²) < 4.78 is 0. The van der Waals surface area contributed by atoms with E-state index in [1.54, 1.807) is 0 Å². The summed E-state index contributed by atoms with van der Waals surface area (Å²) in [4.78, 5) is 0. The second-order valence-electron chi connectivity index (χ2n) is 8.50. The lowest BCUT2D eigenvalue weighted by molar-refractivity contribution is 0.0581. The van der Waals surface area contributed by atoms with Crippen LogP contribution in [0.4, 0.5) is 0 Å². The van der Waals surface area contributed by atoms with E-state index in [0.717, 1.165) is 0 Å². The van der Waals surface area contributed by atoms with Crippen LogP contribution in [0.5, 0.6) is 0 Å². The topological polar surface area (TPSA) is 20.2 Å². The summed E-state index contributed by atoms with van der Waals surface area (Å²) in [6.07, 6.45) is 15.6. The third kappa shape index (κ3) is 3.45. The van der Waals surface area contributed by atoms with Crippen LogP contribution in [0.15, 0.2) is 54.6 Å². The number of hydrogen-bond donors (Lipinski definition) is 1. The maximum atomic E-state index is 10.5. The van der Waals surface area contributed by atoms with Gasteiger partial charge in [-0.05, 0) is 44.1 Å². The first kappa shape index (κ1) is 16.5. The van der Waals surface area contributed by atoms with Crippen molar-refractivity contribution in [2.45, 2.75) is 63.9 Å². The second-order valence-corrected chi connectivity index (χ2v) is 8.50. The molecule has 23 heavy (non-hydrogen) atoms. The van der Waals surface area contributed by atoms with Gasteiger partial charge in [0.25, 0.3) is 0 Å². The van der Waals surface area contributed by atoms with Gasteiger partial charge in [0.15, 0.2) is 0 Å². The molecule has 0 aromatic heterocycles. The molecule has 124 valence electrons. The van der Waals surface area contributed by atoms with E-state index in [-0.39, 0.29) is 5.41 Å². The first-order valence-electron chi connectivity index (χ1n) is 9.00. The Hall–Kier alpha value is -1.34. The standard InChI is InChI=1S/C22H30O/c1-20(2,23)17-22(19-9-5-4-6-10-19)15-11-18(12-16-22)21(3)13-7-8-14-21/h4-6,9-12,15-16,18,23H,7-8,13-14,17H2,1-3H3. The SMILES string of the molecule is CC(C)(O)CC1(c2ccccc2)C=CC(C2(C)CCCC2)C=C1. The summed E-state index contributed by atoms with van der Waals surface area (Å²) in [7, 11) is 0. The fraction of sp³-hybridized carbons (Fsp3) is 0.545. The summed E-state index contributed by atoms with van der Waals surface area (Å²) in [5, 5.41) is 10.5. The van der Waals surface area contributed by atoms with Crippen LogP contribution in [0, 0.1) is 11.3 Å². The lowest BCUT2D eigenvalue weighted by Gasteiger charge is -2.39. The van der Waals surface area contributed by atoms with Crippen LogP contribution in [0.3, 0.4) is 0 Å². The molecule has 0 atom stereocenters. The monoisotopic (exact) mass is 310 g/mol. The highest BCUT2D eigenvalue weighted by Crippen LogP contribution is 2.48. The van der Waals surface area contributed by atoms with E-state index in [0.29, 0.717) is 17.8 Å². The van der Waals surface area contributed by atoms with Gasteiger partial charge < -0.3 is 5.11 Å². The van der Waals surface area contributed by atoms with Crippen molar-refractivity contribution in [2.24, 2.45) is 11.3 Å². The molecule has 1 aromatic carbocycles. The van der Waals surface area contributed by atoms with Crippen LogP contribution in [0.1, 0.15) is 58.4 Å². The summed E-state index contributed by atoms with van der Waals surface area (Å²) in [5.74, 6) is 0.531. The predicted octanol–water partition coefficient (Wildman–Crippen LogP) is 5.41. The Morgan fingerprint density at radius 3 is 2.13 bits per heavy atom. The van der Waals surface area contributed by atoms with Gasteiger partial charge in [-0.3, -0.25) is 0 Å². The highest BCUT2D eigenvalue weighted by Gasteiger charge is 2.39. The van der Waals surface area contributed by atoms with Gasteiger partial charge in [0.2, 0.25) is 0 Å². The molecule has 0 radical (unpaired) electrons. The lowest BCUT2D eigenvalue weighted by Crippen LogP contribution is -2.35. The number of aliphatic hydroxyl groups is 1. The molecule has 1 heteroatoms. The Morgan fingerprint density at radius 1 is 1.04 bits per heavy atom. The van der Waals surface area contributed by atoms with Crippen molar-refractivity contribution in [1.29, 1.82) is 0 Å². The molecule has 0 amide bonds. The molecule has 1 N–H and O–H groups in total. The normalized spacial score (nSPS) is 29.8. The van der Waals surface area contributed by atoms with Crippen molar-refractivity contribution in [1.82, 2.24) is 0 Å². The Labute approximate surface area is 141 Å². The fourth-order valence-corrected chi connectivity index (χ4v) is 4.53. The molecule has 3 rings (SSSR count). The first-order chi connectivity index (χ1) is 10.8. The highest BCUT2D eigenvalue weighted by molar-refractivity contribution is 5.41. The van der Waals surface area contributed by atoms with Crippen molar-refractivity contribution >= 4 is 0 Å². The number of hydrogen-bond acceptors (Lipinski definition) is 1. The minimum absolute atomic E-state index is 0.190. The maximum Gasteiger partial charge on any atom is 0.0606 e. The van der Waals surface area contributed by atoms with E-state index in [9.17, 15) is 5.11 Å². The van der Waals surface area contributed by atoms with Crippen molar-refractivity contribution in [3.05, 3.63) is 60.2 Å². The van der Waals surface area contributed by atoms with E-state index >= 15 is 0 Å². The van der Waals surface area contributed by atoms with Gasteiger partial charge in [-0.1, -0.05) is 74.4 Å². The number of rotatable bonds is 4. The van der Waals surface area contributed by atoms with Crippen LogP contribution in [0.25, 0.3) is 0 Å². The van der Waals surface area contributed by atoms with E-state index in [2.05, 4.69) is 61.6 Å². The van der Waals surface area contributed by atoms with Crippen LogP contribution < -0.4 is 0 Å². The molecule has 1 saturated carbocycles. The minimum Gasteiger partial charge on any atom is -0.390 e. The largest absolute Gasteiger partial charge is 0.390 e. The molecule has 0 spiro atoms. The zero-order valence-corrected chi connectivity index (χ0v) is 14.8. The minimum atomic E-state index is -0.700. The van der Waals surface area contributed by atoms with Gasteiger partial charge in [-0.15, -0.1) is 0 Å². The van der Waals surface area contributed by atoms with Crippen molar-refractivity contribution in [3.63, 3.8) is 0 Å². The molecular formula is C22H30O. The summed E-state index contributed by atoms with van der Waals surface area (Å²) in [6, 6.07) is 10.6. The first-order valence-corrected chi connectivity index (χ1v) is 9.00. The van der Waals surface area contributed by atoms with E-state index < -0.39 is 5.60 Å². The fourth-order valence-electron chi connectivity index (χ4n) is 4.53. The molecule has 1 aromatic rings. The lowest BCUT2D eigenvalue weighted by atomic mass is 9.66. The van der Waals surface area contributed by atoms with Gasteiger partial charge in [-0.25, -0.2) is 0 Å². The van der Waals surface area contributed by atoms with Gasteiger partial charge in [0.1, 0.15) is 0 Å². The molecule has 0 aliphatic heterocycles. The van der Waals surface area contributed by atoms with Gasteiger partial charge in [0.05, 0.1) is 5.60 Å². The predicted molar refractivity (Wildman–Crippen MR) is 97.4 cm³/mol. The highest BCUT2D eigenvalue weighted by atomic mass is 16.3. The second kappa shape index (κ2) is 5.94. The third-order valence-corrected chi connectivity index (χ3v) is 5.79. The van der Waals surface area contributed by atoms with Gasteiger partial charge >= 0.3 is 0 Å². The Morgan fingerprint density at radius 2 is 1.61 bits per heavy atom. The summed E-state index contributed by atoms with van der Waals surface area (Å²) in [5.41, 5.74) is 0.800. The van der Waals surface area contributed by atoms with E-state index in [1.165, 1.54) is 31.2 Å². The van der Waals surface area contributed by atoms with E-state index in [4.69, 9.17) is 0 Å². The molecule has 2 aliphatic rings. The molecule has 0 unspecified atom stereocenters. The average molecular weight is 310 g/mol. The summed E-state index contributed by atoms with van der Waals surface area (Å²) in [6.45, 7) is 6.25. The Bertz CT molecular complexity index is 568. The molecule has 0 saturated heterocycles. The maximum absolute atomic E-state index is 10.5. The average Bonchev–Trinajstić information content (AvgIpc) is 2.95. The van der Waals surface area contributed by atoms with Crippen LogP contribution in [-0.4, -0.2) is 10.7 Å². The van der Waals surface area contributed by atoms with Crippen LogP contribution in [0.2, 0.25) is 0 Å². The number of allylic oxidation sites excluding steroid dienone is 4. The Kier molecular flexibility index (Phi) is 4.27. The van der Waals surface area contributed by atoms with Crippen molar-refractivity contribution in [2.75, 3.05) is 0 Å². The van der Waals surface area contributed by atoms with Gasteiger partial charge in [-0.2, -0.15) is 0 Å². The van der Waals surface area contributed by atoms with Crippen molar-refractivity contribution in [3.8, 4) is 0 Å². The van der Waals surface area contributed by atoms with E-state index in [1.807, 2.05) is 13.8 Å². The molecule has 0 heterocycles. The Balaban J connectivity index is 1.92. The molecule has 2 aliphatic carbocycles. The van der Waals surface area contributed by atoms with Gasteiger partial charge in [0, 0.05) is 11.3 Å². The molecule has 1 nitrogen and oxygen atoms in total. The smallest absolute Gasteiger partial charge is 0.0606 e. The molecular weight excluding hydrogens is 280 g/mol. The van der Waals surface area contributed by atoms with Crippen LogP contribution >= 0.6 is 0 Å². The third-order valence-electron chi connectivity index (χ3n) is 5.79.